The second-order valence-corrected chi connectivity index (χ2v) is 5.48. The molecule has 0 saturated heterocycles. The van der Waals surface area contributed by atoms with E-state index in [2.05, 4.69) is 51.5 Å². The van der Waals surface area contributed by atoms with Crippen LogP contribution in [0.1, 0.15) is 13.3 Å². The van der Waals surface area contributed by atoms with Gasteiger partial charge in [-0.3, -0.25) is 0 Å². The van der Waals surface area contributed by atoms with Crippen molar-refractivity contribution in [2.75, 3.05) is 29.9 Å². The van der Waals surface area contributed by atoms with E-state index < -0.39 is 0 Å². The maximum absolute atomic E-state index is 5.25. The zero-order chi connectivity index (χ0) is 16.6. The third-order valence-corrected chi connectivity index (χ3v) is 3.84. The Kier molecular flexibility index (Phi) is 5.45. The first kappa shape index (κ1) is 16.1. The van der Waals surface area contributed by atoms with Crippen molar-refractivity contribution in [1.82, 2.24) is 10.1 Å². The molecule has 3 aromatic rings. The van der Waals surface area contributed by atoms with Crippen LogP contribution in [0.5, 0.6) is 0 Å². The highest BCUT2D eigenvalue weighted by molar-refractivity contribution is 5.54. The van der Waals surface area contributed by atoms with Crippen LogP contribution in [0, 0.1) is 0 Å². The fourth-order valence-electron chi connectivity index (χ4n) is 2.57. The van der Waals surface area contributed by atoms with Gasteiger partial charge in [0.25, 0.3) is 0 Å². The molecule has 5 nitrogen and oxygen atoms in total. The van der Waals surface area contributed by atoms with E-state index >= 15 is 0 Å². The molecule has 0 amide bonds. The van der Waals surface area contributed by atoms with Crippen molar-refractivity contribution < 1.29 is 4.52 Å². The van der Waals surface area contributed by atoms with Crippen LogP contribution < -0.4 is 10.2 Å². The Bertz CT molecular complexity index is 727. The molecule has 124 valence electrons. The number of anilines is 2. The molecule has 0 radical (unpaired) electrons. The Balaban J connectivity index is 1.48. The Morgan fingerprint density at radius 2 is 1.71 bits per heavy atom. The zero-order valence-corrected chi connectivity index (χ0v) is 13.9. The number of para-hydroxylation sites is 1. The highest BCUT2D eigenvalue weighted by Crippen LogP contribution is 2.17. The van der Waals surface area contributed by atoms with Crippen LogP contribution in [0.4, 0.5) is 11.7 Å². The van der Waals surface area contributed by atoms with E-state index in [0.29, 0.717) is 11.8 Å². The van der Waals surface area contributed by atoms with E-state index in [9.17, 15) is 0 Å². The van der Waals surface area contributed by atoms with E-state index in [4.69, 9.17) is 4.52 Å². The number of benzene rings is 2. The molecule has 0 fully saturated rings. The molecule has 0 atom stereocenters. The third kappa shape index (κ3) is 4.13. The van der Waals surface area contributed by atoms with Gasteiger partial charge in [-0.25, -0.2) is 0 Å². The van der Waals surface area contributed by atoms with Crippen molar-refractivity contribution in [3.05, 3.63) is 60.7 Å². The number of rotatable bonds is 8. The zero-order valence-electron chi connectivity index (χ0n) is 13.9. The first-order valence-electron chi connectivity index (χ1n) is 8.30. The molecule has 3 rings (SSSR count). The molecular weight excluding hydrogens is 300 g/mol. The summed E-state index contributed by atoms with van der Waals surface area (Å²) in [5, 5.41) is 7.20. The second kappa shape index (κ2) is 8.15. The standard InChI is InChI=1S/C19H22N4O/c1-2-23(17-12-7-4-8-13-17)15-9-14-20-19-21-18(22-24-19)16-10-5-3-6-11-16/h3-8,10-13H,2,9,14-15H2,1H3,(H,20,21,22). The predicted molar refractivity (Wildman–Crippen MR) is 97.2 cm³/mol. The van der Waals surface area contributed by atoms with Crippen LogP contribution in [-0.2, 0) is 0 Å². The molecule has 0 saturated carbocycles. The molecule has 1 aromatic heterocycles. The fraction of sp³-hybridized carbons (Fsp3) is 0.263. The average molecular weight is 322 g/mol. The van der Waals surface area contributed by atoms with Gasteiger partial charge in [-0.15, -0.1) is 0 Å². The number of nitrogens with zero attached hydrogens (tertiary/aromatic N) is 3. The molecular formula is C19H22N4O. The lowest BCUT2D eigenvalue weighted by molar-refractivity contribution is 0.432. The monoisotopic (exact) mass is 322 g/mol. The van der Waals surface area contributed by atoms with Gasteiger partial charge in [-0.2, -0.15) is 4.98 Å². The summed E-state index contributed by atoms with van der Waals surface area (Å²) in [4.78, 5) is 6.73. The normalized spacial score (nSPS) is 10.5. The Labute approximate surface area is 142 Å². The Hall–Kier alpha value is -2.82. The fourth-order valence-corrected chi connectivity index (χ4v) is 2.57. The summed E-state index contributed by atoms with van der Waals surface area (Å²) < 4.78 is 5.25. The molecule has 5 heteroatoms. The lowest BCUT2D eigenvalue weighted by atomic mass is 10.2. The van der Waals surface area contributed by atoms with Gasteiger partial charge in [0.2, 0.25) is 5.82 Å². The Morgan fingerprint density at radius 1 is 1.00 bits per heavy atom. The molecule has 2 aromatic carbocycles. The van der Waals surface area contributed by atoms with Gasteiger partial charge >= 0.3 is 6.01 Å². The predicted octanol–water partition coefficient (Wildman–Crippen LogP) is 4.07. The van der Waals surface area contributed by atoms with Crippen molar-refractivity contribution in [2.24, 2.45) is 0 Å². The summed E-state index contributed by atoms with van der Waals surface area (Å²) in [6.45, 7) is 4.93. The number of hydrogen-bond donors (Lipinski definition) is 1. The van der Waals surface area contributed by atoms with Gasteiger partial charge in [-0.05, 0) is 25.5 Å². The van der Waals surface area contributed by atoms with E-state index in [1.54, 1.807) is 0 Å². The molecule has 0 bridgehead atoms. The number of hydrogen-bond acceptors (Lipinski definition) is 5. The minimum absolute atomic E-state index is 0.469. The van der Waals surface area contributed by atoms with E-state index in [-0.39, 0.29) is 0 Å². The topological polar surface area (TPSA) is 54.2 Å². The molecule has 24 heavy (non-hydrogen) atoms. The molecule has 0 aliphatic heterocycles. The summed E-state index contributed by atoms with van der Waals surface area (Å²) in [5.41, 5.74) is 2.21. The summed E-state index contributed by atoms with van der Waals surface area (Å²) >= 11 is 0. The Morgan fingerprint density at radius 3 is 2.42 bits per heavy atom. The van der Waals surface area contributed by atoms with Gasteiger partial charge in [0.15, 0.2) is 0 Å². The highest BCUT2D eigenvalue weighted by Gasteiger charge is 2.08. The van der Waals surface area contributed by atoms with Crippen molar-refractivity contribution in [1.29, 1.82) is 0 Å². The quantitative estimate of drug-likeness (QED) is 0.634. The van der Waals surface area contributed by atoms with Crippen LogP contribution in [-0.4, -0.2) is 29.8 Å². The van der Waals surface area contributed by atoms with Crippen LogP contribution in [0.3, 0.4) is 0 Å². The van der Waals surface area contributed by atoms with Crippen molar-refractivity contribution >= 4 is 11.7 Å². The lowest BCUT2D eigenvalue weighted by Crippen LogP contribution is -2.25. The molecule has 0 spiro atoms. The highest BCUT2D eigenvalue weighted by atomic mass is 16.5. The summed E-state index contributed by atoms with van der Waals surface area (Å²) in [6, 6.07) is 20.7. The van der Waals surface area contributed by atoms with E-state index in [1.807, 2.05) is 36.4 Å². The number of aromatic nitrogens is 2. The summed E-state index contributed by atoms with van der Waals surface area (Å²) in [6.07, 6.45) is 0.992. The van der Waals surface area contributed by atoms with Crippen LogP contribution >= 0.6 is 0 Å². The van der Waals surface area contributed by atoms with Crippen molar-refractivity contribution in [3.63, 3.8) is 0 Å². The van der Waals surface area contributed by atoms with Crippen molar-refractivity contribution in [2.45, 2.75) is 13.3 Å². The van der Waals surface area contributed by atoms with Gasteiger partial charge in [0, 0.05) is 30.9 Å². The van der Waals surface area contributed by atoms with E-state index in [1.165, 1.54) is 5.69 Å². The molecule has 1 N–H and O–H groups in total. The van der Waals surface area contributed by atoms with E-state index in [0.717, 1.165) is 31.6 Å². The van der Waals surface area contributed by atoms with Crippen LogP contribution in [0.25, 0.3) is 11.4 Å². The van der Waals surface area contributed by atoms with Gasteiger partial charge < -0.3 is 14.7 Å². The van der Waals surface area contributed by atoms with Gasteiger partial charge in [0.05, 0.1) is 0 Å². The van der Waals surface area contributed by atoms with Gasteiger partial charge in [-0.1, -0.05) is 53.7 Å². The molecule has 0 aliphatic carbocycles. The molecule has 0 aliphatic rings. The third-order valence-electron chi connectivity index (χ3n) is 3.84. The SMILES string of the molecule is CCN(CCCNc1nc(-c2ccccc2)no1)c1ccccc1. The van der Waals surface area contributed by atoms with Crippen LogP contribution in [0.15, 0.2) is 65.2 Å². The minimum atomic E-state index is 0.469. The maximum Gasteiger partial charge on any atom is 0.321 e. The molecule has 0 unspecified atom stereocenters. The summed E-state index contributed by atoms with van der Waals surface area (Å²) in [7, 11) is 0. The van der Waals surface area contributed by atoms with Crippen molar-refractivity contribution in [3.8, 4) is 11.4 Å². The second-order valence-electron chi connectivity index (χ2n) is 5.48. The lowest BCUT2D eigenvalue weighted by Gasteiger charge is -2.22. The molecule has 1 heterocycles. The van der Waals surface area contributed by atoms with Crippen LogP contribution in [0.2, 0.25) is 0 Å². The first-order chi connectivity index (χ1) is 11.9. The number of nitrogens with one attached hydrogen (secondary N) is 1. The smallest absolute Gasteiger partial charge is 0.321 e. The summed E-state index contributed by atoms with van der Waals surface area (Å²) in [5.74, 6) is 0.609. The van der Waals surface area contributed by atoms with Gasteiger partial charge in [0.1, 0.15) is 0 Å². The maximum atomic E-state index is 5.25. The first-order valence-corrected chi connectivity index (χ1v) is 8.30. The average Bonchev–Trinajstić information content (AvgIpc) is 3.12. The largest absolute Gasteiger partial charge is 0.372 e. The minimum Gasteiger partial charge on any atom is -0.372 e.